The molecule has 0 spiro atoms. The van der Waals surface area contributed by atoms with Crippen molar-refractivity contribution in [2.75, 3.05) is 18.3 Å². The lowest BCUT2D eigenvalue weighted by Gasteiger charge is -2.17. The third kappa shape index (κ3) is 4.61. The molecule has 1 saturated heterocycles. The summed E-state index contributed by atoms with van der Waals surface area (Å²) in [5, 5.41) is 28.9. The van der Waals surface area contributed by atoms with Crippen molar-refractivity contribution in [3.63, 3.8) is 0 Å². The molecule has 3 heterocycles. The first-order valence-electron chi connectivity index (χ1n) is 9.54. The van der Waals surface area contributed by atoms with Gasteiger partial charge in [0, 0.05) is 6.04 Å². The summed E-state index contributed by atoms with van der Waals surface area (Å²) in [5.41, 5.74) is 0.323. The zero-order valence-corrected chi connectivity index (χ0v) is 17.5. The Morgan fingerprint density at radius 3 is 2.70 bits per heavy atom. The maximum absolute atomic E-state index is 10.9. The lowest BCUT2D eigenvalue weighted by molar-refractivity contribution is -0.0658. The highest BCUT2D eigenvalue weighted by molar-refractivity contribution is 7.51. The van der Waals surface area contributed by atoms with Crippen molar-refractivity contribution >= 4 is 36.0 Å². The normalized spacial score (nSPS) is 27.9. The first kappa shape index (κ1) is 21.8. The van der Waals surface area contributed by atoms with Crippen LogP contribution < -0.4 is 5.32 Å². The number of aliphatic hydroxyl groups excluding tert-OH is 2. The van der Waals surface area contributed by atoms with E-state index in [4.69, 9.17) is 30.9 Å². The van der Waals surface area contributed by atoms with Gasteiger partial charge in [-0.15, -0.1) is 0 Å². The van der Waals surface area contributed by atoms with Gasteiger partial charge in [-0.05, 0) is 24.4 Å². The Labute approximate surface area is 176 Å². The molecule has 1 aliphatic heterocycles. The molecule has 14 heteroatoms. The summed E-state index contributed by atoms with van der Waals surface area (Å²) in [6.45, 7) is -0.316. The Bertz CT molecular complexity index is 949. The number of aliphatic hydroxyl groups is 2. The second-order valence-corrected chi connectivity index (χ2v) is 9.43. The maximum Gasteiger partial charge on any atom is 0.350 e. The monoisotopic (exact) mass is 463 g/mol. The molecule has 30 heavy (non-hydrogen) atoms. The molecule has 2 aromatic heterocycles. The molecule has 12 nitrogen and oxygen atoms in total. The maximum atomic E-state index is 10.9. The highest BCUT2D eigenvalue weighted by Crippen LogP contribution is 2.36. The first-order chi connectivity index (χ1) is 14.2. The number of hydrogen-bond donors (Lipinski definition) is 5. The highest BCUT2D eigenvalue weighted by atomic mass is 35.5. The lowest BCUT2D eigenvalue weighted by atomic mass is 10.1. The molecule has 2 aromatic rings. The minimum atomic E-state index is -4.36. The molecule has 0 radical (unpaired) electrons. The van der Waals surface area contributed by atoms with Crippen LogP contribution in [-0.2, 0) is 14.0 Å². The molecule has 0 bridgehead atoms. The van der Waals surface area contributed by atoms with E-state index in [1.54, 1.807) is 0 Å². The summed E-state index contributed by atoms with van der Waals surface area (Å²) >= 11 is 6.10. The van der Waals surface area contributed by atoms with Crippen molar-refractivity contribution < 1.29 is 34.0 Å². The number of halogens is 1. The minimum absolute atomic E-state index is 0.000639. The average Bonchev–Trinajstić information content (AvgIpc) is 3.37. The smallest absolute Gasteiger partial charge is 0.350 e. The van der Waals surface area contributed by atoms with E-state index >= 15 is 0 Å². The number of nitrogens with one attached hydrogen (secondary N) is 1. The fourth-order valence-corrected chi connectivity index (χ4v) is 4.32. The van der Waals surface area contributed by atoms with Gasteiger partial charge in [0.2, 0.25) is 5.28 Å². The zero-order valence-electron chi connectivity index (χ0n) is 15.8. The van der Waals surface area contributed by atoms with Gasteiger partial charge in [0.25, 0.3) is 0 Å². The van der Waals surface area contributed by atoms with Gasteiger partial charge in [0.1, 0.15) is 30.5 Å². The highest BCUT2D eigenvalue weighted by Gasteiger charge is 2.45. The van der Waals surface area contributed by atoms with E-state index in [1.807, 2.05) is 0 Å². The van der Waals surface area contributed by atoms with E-state index in [0.29, 0.717) is 16.9 Å². The topological polar surface area (TPSA) is 172 Å². The second kappa shape index (κ2) is 8.64. The largest absolute Gasteiger partial charge is 0.387 e. The van der Waals surface area contributed by atoms with Crippen molar-refractivity contribution in [3.8, 4) is 0 Å². The molecule has 4 atom stereocenters. The molecule has 1 unspecified atom stereocenters. The lowest BCUT2D eigenvalue weighted by Crippen LogP contribution is -2.34. The zero-order chi connectivity index (χ0) is 21.5. The molecule has 166 valence electrons. The van der Waals surface area contributed by atoms with E-state index in [9.17, 15) is 14.8 Å². The van der Waals surface area contributed by atoms with Crippen LogP contribution in [0.4, 0.5) is 5.82 Å². The van der Waals surface area contributed by atoms with Crippen LogP contribution in [0.1, 0.15) is 31.9 Å². The van der Waals surface area contributed by atoms with E-state index < -0.39 is 38.5 Å². The van der Waals surface area contributed by atoms with Gasteiger partial charge >= 0.3 is 7.60 Å². The summed E-state index contributed by atoms with van der Waals surface area (Å²) in [6, 6.07) is 0.285. The van der Waals surface area contributed by atoms with Crippen LogP contribution in [0.2, 0.25) is 5.28 Å². The summed E-state index contributed by atoms with van der Waals surface area (Å²) < 4.78 is 22.8. The Morgan fingerprint density at radius 2 is 2.00 bits per heavy atom. The molecule has 2 aliphatic rings. The molecule has 2 fully saturated rings. The SMILES string of the molecule is O=P(O)(O)COC[C@H]1O[C@@H](n2ncc3c(NC4CCCC4)nc(Cl)nc32)[C@@H](O)C1O. The molecule has 5 N–H and O–H groups in total. The number of nitrogens with zero attached hydrogens (tertiary/aromatic N) is 4. The second-order valence-electron chi connectivity index (χ2n) is 7.50. The van der Waals surface area contributed by atoms with E-state index in [0.717, 1.165) is 25.7 Å². The van der Waals surface area contributed by atoms with Crippen molar-refractivity contribution in [1.82, 2.24) is 19.7 Å². The number of anilines is 1. The fourth-order valence-electron chi connectivity index (χ4n) is 3.82. The summed E-state index contributed by atoms with van der Waals surface area (Å²) in [6.07, 6.45) is 0.253. The Balaban J connectivity index is 1.55. The number of hydrogen-bond acceptors (Lipinski definition) is 9. The third-order valence-electron chi connectivity index (χ3n) is 5.24. The summed E-state index contributed by atoms with van der Waals surface area (Å²) in [7, 11) is -4.36. The molecule has 1 saturated carbocycles. The van der Waals surface area contributed by atoms with E-state index in [1.165, 1.54) is 10.9 Å². The molecule has 4 rings (SSSR count). The van der Waals surface area contributed by atoms with Crippen molar-refractivity contribution in [2.45, 2.75) is 56.3 Å². The van der Waals surface area contributed by atoms with Crippen LogP contribution in [0.5, 0.6) is 0 Å². The number of ether oxygens (including phenoxy) is 2. The van der Waals surface area contributed by atoms with Crippen LogP contribution in [0.25, 0.3) is 11.0 Å². The van der Waals surface area contributed by atoms with Crippen molar-refractivity contribution in [1.29, 1.82) is 0 Å². The van der Waals surface area contributed by atoms with Crippen LogP contribution in [0.3, 0.4) is 0 Å². The first-order valence-corrected chi connectivity index (χ1v) is 11.7. The predicted octanol–water partition coefficient (Wildman–Crippen LogP) is 0.605. The van der Waals surface area contributed by atoms with Gasteiger partial charge in [-0.1, -0.05) is 12.8 Å². The van der Waals surface area contributed by atoms with Crippen LogP contribution >= 0.6 is 19.2 Å². The van der Waals surface area contributed by atoms with Crippen LogP contribution in [-0.4, -0.2) is 77.1 Å². The summed E-state index contributed by atoms with van der Waals surface area (Å²) in [4.78, 5) is 26.2. The fraction of sp³-hybridized carbons (Fsp3) is 0.688. The number of rotatable bonds is 7. The van der Waals surface area contributed by atoms with E-state index in [-0.39, 0.29) is 17.9 Å². The molecular weight excluding hydrogens is 441 g/mol. The van der Waals surface area contributed by atoms with Gasteiger partial charge in [-0.2, -0.15) is 15.1 Å². The molecule has 0 amide bonds. The van der Waals surface area contributed by atoms with Crippen molar-refractivity contribution in [3.05, 3.63) is 11.5 Å². The minimum Gasteiger partial charge on any atom is -0.387 e. The third-order valence-corrected chi connectivity index (χ3v) is 5.93. The molecule has 0 aromatic carbocycles. The van der Waals surface area contributed by atoms with Gasteiger partial charge in [0.15, 0.2) is 11.9 Å². The van der Waals surface area contributed by atoms with Gasteiger partial charge in [-0.25, -0.2) is 4.68 Å². The molecule has 1 aliphatic carbocycles. The Morgan fingerprint density at radius 1 is 1.27 bits per heavy atom. The van der Waals surface area contributed by atoms with Crippen LogP contribution in [0, 0.1) is 0 Å². The van der Waals surface area contributed by atoms with Gasteiger partial charge in [-0.3, -0.25) is 4.57 Å². The summed E-state index contributed by atoms with van der Waals surface area (Å²) in [5.74, 6) is 0.540. The van der Waals surface area contributed by atoms with Crippen LogP contribution in [0.15, 0.2) is 6.20 Å². The standard InChI is InChI=1S/C16H23ClN5O7P/c17-16-20-13(19-8-3-1-2-4-8)9-5-18-22(14(9)21-16)15-12(24)11(23)10(29-15)6-28-7-30(25,26)27/h5,8,10-12,15,23-24H,1-4,6-7H2,(H,19,20,21)(H2,25,26,27)/t10-,11?,12+,15-/m1/s1. The van der Waals surface area contributed by atoms with Crippen molar-refractivity contribution in [2.24, 2.45) is 0 Å². The quantitative estimate of drug-likeness (QED) is 0.287. The Kier molecular flexibility index (Phi) is 6.29. The number of fused-ring (bicyclic) bond motifs is 1. The van der Waals surface area contributed by atoms with Gasteiger partial charge < -0.3 is 34.8 Å². The van der Waals surface area contributed by atoms with Gasteiger partial charge in [0.05, 0.1) is 18.2 Å². The molecular formula is C16H23ClN5O7P. The Hall–Kier alpha value is -1.37. The predicted molar refractivity (Wildman–Crippen MR) is 105 cm³/mol. The van der Waals surface area contributed by atoms with E-state index in [2.05, 4.69) is 20.4 Å². The average molecular weight is 464 g/mol. The number of aromatic nitrogens is 4.